The highest BCUT2D eigenvalue weighted by atomic mass is 16.6. The molecule has 326 valence electrons. The maximum atomic E-state index is 12.7. The van der Waals surface area contributed by atoms with Gasteiger partial charge in [-0.15, -0.1) is 0 Å². The second kappa shape index (κ2) is 42.0. The summed E-state index contributed by atoms with van der Waals surface area (Å²) in [5.41, 5.74) is 0. The molecule has 0 N–H and O–H groups in total. The molecule has 6 nitrogen and oxygen atoms in total. The highest BCUT2D eigenvalue weighted by Crippen LogP contribution is 2.18. The minimum atomic E-state index is -0.760. The van der Waals surface area contributed by atoms with Crippen molar-refractivity contribution < 1.29 is 28.6 Å². The summed E-state index contributed by atoms with van der Waals surface area (Å²) in [6.45, 7) is 11.4. The van der Waals surface area contributed by atoms with E-state index in [1.165, 1.54) is 154 Å². The average Bonchev–Trinajstić information content (AvgIpc) is 3.18. The van der Waals surface area contributed by atoms with Gasteiger partial charge in [0.15, 0.2) is 6.10 Å². The van der Waals surface area contributed by atoms with Crippen LogP contribution >= 0.6 is 0 Å². The quantitative estimate of drug-likeness (QED) is 0.0348. The van der Waals surface area contributed by atoms with Crippen LogP contribution < -0.4 is 0 Å². The van der Waals surface area contributed by atoms with E-state index < -0.39 is 6.10 Å². The number of hydrogen-bond acceptors (Lipinski definition) is 6. The van der Waals surface area contributed by atoms with Crippen molar-refractivity contribution >= 4 is 17.9 Å². The first-order chi connectivity index (χ1) is 26.8. The van der Waals surface area contributed by atoms with Gasteiger partial charge in [-0.1, -0.05) is 227 Å². The Morgan fingerprint density at radius 1 is 0.364 bits per heavy atom. The van der Waals surface area contributed by atoms with E-state index in [1.807, 2.05) is 0 Å². The van der Waals surface area contributed by atoms with Crippen molar-refractivity contribution in [3.8, 4) is 0 Å². The smallest absolute Gasteiger partial charge is 0.306 e. The summed E-state index contributed by atoms with van der Waals surface area (Å²) >= 11 is 0. The lowest BCUT2D eigenvalue weighted by atomic mass is 9.99. The van der Waals surface area contributed by atoms with Crippen LogP contribution in [0.1, 0.15) is 266 Å². The maximum absolute atomic E-state index is 12.7. The van der Waals surface area contributed by atoms with E-state index in [0.29, 0.717) is 19.3 Å². The molecule has 0 aromatic heterocycles. The molecule has 0 aliphatic rings. The maximum Gasteiger partial charge on any atom is 0.306 e. The van der Waals surface area contributed by atoms with Gasteiger partial charge >= 0.3 is 17.9 Å². The summed E-state index contributed by atoms with van der Waals surface area (Å²) in [6.07, 6.45) is 40.7. The van der Waals surface area contributed by atoms with E-state index in [2.05, 4.69) is 34.6 Å². The minimum absolute atomic E-state index is 0.0646. The molecule has 0 fully saturated rings. The van der Waals surface area contributed by atoms with Crippen molar-refractivity contribution in [1.82, 2.24) is 0 Å². The van der Waals surface area contributed by atoms with Gasteiger partial charge in [0.2, 0.25) is 0 Å². The number of unbranched alkanes of at least 4 members (excludes halogenated alkanes) is 26. The van der Waals surface area contributed by atoms with Crippen molar-refractivity contribution in [2.75, 3.05) is 13.2 Å². The molecule has 0 heterocycles. The summed E-state index contributed by atoms with van der Waals surface area (Å²) in [5.74, 6) is 0.881. The molecule has 0 bridgehead atoms. The second-order valence-electron chi connectivity index (χ2n) is 17.2. The first-order valence-corrected chi connectivity index (χ1v) is 24.3. The molecule has 6 heteroatoms. The Kier molecular flexibility index (Phi) is 40.8. The monoisotopic (exact) mass is 779 g/mol. The largest absolute Gasteiger partial charge is 0.462 e. The minimum Gasteiger partial charge on any atom is -0.462 e. The number of carbonyl (C=O) groups excluding carboxylic acids is 3. The van der Waals surface area contributed by atoms with Gasteiger partial charge in [0.25, 0.3) is 0 Å². The van der Waals surface area contributed by atoms with Crippen LogP contribution in [0.5, 0.6) is 0 Å². The van der Waals surface area contributed by atoms with E-state index in [0.717, 1.165) is 69.6 Å². The van der Waals surface area contributed by atoms with E-state index >= 15 is 0 Å². The number of carbonyl (C=O) groups is 3. The van der Waals surface area contributed by atoms with Crippen LogP contribution in [0.15, 0.2) is 0 Å². The first-order valence-electron chi connectivity index (χ1n) is 24.3. The van der Waals surface area contributed by atoms with Crippen LogP contribution in [0.3, 0.4) is 0 Å². The van der Waals surface area contributed by atoms with Crippen molar-refractivity contribution in [1.29, 1.82) is 0 Å². The summed E-state index contributed by atoms with van der Waals surface area (Å²) in [4.78, 5) is 37.8. The number of ether oxygens (including phenoxy) is 3. The zero-order valence-electron chi connectivity index (χ0n) is 37.6. The highest BCUT2D eigenvalue weighted by molar-refractivity contribution is 5.71. The Hall–Kier alpha value is -1.59. The van der Waals surface area contributed by atoms with Crippen LogP contribution in [0.4, 0.5) is 0 Å². The fourth-order valence-corrected chi connectivity index (χ4v) is 7.22. The third-order valence-electron chi connectivity index (χ3n) is 11.7. The van der Waals surface area contributed by atoms with E-state index in [4.69, 9.17) is 14.2 Å². The Labute approximate surface area is 342 Å². The molecule has 3 atom stereocenters. The molecule has 0 aliphatic carbocycles. The fraction of sp³-hybridized carbons (Fsp3) is 0.939. The molecule has 0 saturated carbocycles. The van der Waals surface area contributed by atoms with E-state index in [9.17, 15) is 14.4 Å². The third-order valence-corrected chi connectivity index (χ3v) is 11.7. The molecular weight excluding hydrogens is 685 g/mol. The summed E-state index contributed by atoms with van der Waals surface area (Å²) in [7, 11) is 0. The molecule has 0 saturated heterocycles. The Balaban J connectivity index is 4.32. The number of hydrogen-bond donors (Lipinski definition) is 0. The summed E-state index contributed by atoms with van der Waals surface area (Å²) < 4.78 is 16.7. The van der Waals surface area contributed by atoms with Crippen LogP contribution in [0.25, 0.3) is 0 Å². The number of esters is 3. The SMILES string of the molecule is CCCCCCCCCCCC(=O)OC[C@H](COC(=O)CCCCCCCCCCCCC(C)CC)OC(=O)CCCCCCCCCCCCC(C)CC. The Morgan fingerprint density at radius 3 is 0.945 bits per heavy atom. The van der Waals surface area contributed by atoms with Crippen LogP contribution in [-0.4, -0.2) is 37.2 Å². The van der Waals surface area contributed by atoms with E-state index in [-0.39, 0.29) is 31.1 Å². The topological polar surface area (TPSA) is 78.9 Å². The van der Waals surface area contributed by atoms with Gasteiger partial charge in [-0.2, -0.15) is 0 Å². The molecule has 2 unspecified atom stereocenters. The van der Waals surface area contributed by atoms with E-state index in [1.54, 1.807) is 0 Å². The normalized spacial score (nSPS) is 13.0. The van der Waals surface area contributed by atoms with Gasteiger partial charge in [0.1, 0.15) is 13.2 Å². The molecule has 0 amide bonds. The van der Waals surface area contributed by atoms with Crippen molar-refractivity contribution in [2.24, 2.45) is 11.8 Å². The second-order valence-corrected chi connectivity index (χ2v) is 17.2. The van der Waals surface area contributed by atoms with Gasteiger partial charge in [-0.3, -0.25) is 14.4 Å². The standard InChI is InChI=1S/C49H94O6/c1-6-9-10-11-12-17-24-29-34-39-47(50)53-42-46(55-49(52)41-36-31-26-21-16-14-19-23-28-33-38-45(5)8-3)43-54-48(51)40-35-30-25-20-15-13-18-22-27-32-37-44(4)7-2/h44-46H,6-43H2,1-5H3/t44?,45?,46-/m1/s1. The lowest BCUT2D eigenvalue weighted by Crippen LogP contribution is -2.30. The first kappa shape index (κ1) is 53.4. The summed E-state index contributed by atoms with van der Waals surface area (Å²) in [6, 6.07) is 0. The molecular formula is C49H94O6. The third kappa shape index (κ3) is 40.4. The molecule has 55 heavy (non-hydrogen) atoms. The predicted octanol–water partition coefficient (Wildman–Crippen LogP) is 15.4. The van der Waals surface area contributed by atoms with Crippen molar-refractivity contribution in [3.63, 3.8) is 0 Å². The number of rotatable bonds is 43. The highest BCUT2D eigenvalue weighted by Gasteiger charge is 2.19. The van der Waals surface area contributed by atoms with Crippen LogP contribution in [0.2, 0.25) is 0 Å². The molecule has 0 spiro atoms. The zero-order chi connectivity index (χ0) is 40.5. The molecule has 0 rings (SSSR count). The van der Waals surface area contributed by atoms with Crippen molar-refractivity contribution in [2.45, 2.75) is 272 Å². The van der Waals surface area contributed by atoms with Gasteiger partial charge < -0.3 is 14.2 Å². The van der Waals surface area contributed by atoms with Crippen LogP contribution in [0, 0.1) is 11.8 Å². The van der Waals surface area contributed by atoms with Gasteiger partial charge in [-0.25, -0.2) is 0 Å². The van der Waals surface area contributed by atoms with Gasteiger partial charge in [0.05, 0.1) is 0 Å². The molecule has 0 aromatic carbocycles. The molecule has 0 radical (unpaired) electrons. The average molecular weight is 779 g/mol. The predicted molar refractivity (Wildman–Crippen MR) is 233 cm³/mol. The molecule has 0 aromatic rings. The summed E-state index contributed by atoms with van der Waals surface area (Å²) in [5, 5.41) is 0. The Bertz CT molecular complexity index is 843. The van der Waals surface area contributed by atoms with Gasteiger partial charge in [-0.05, 0) is 31.1 Å². The zero-order valence-corrected chi connectivity index (χ0v) is 37.6. The lowest BCUT2D eigenvalue weighted by molar-refractivity contribution is -0.167. The fourth-order valence-electron chi connectivity index (χ4n) is 7.22. The van der Waals surface area contributed by atoms with Gasteiger partial charge in [0, 0.05) is 19.3 Å². The molecule has 0 aliphatic heterocycles. The van der Waals surface area contributed by atoms with Crippen molar-refractivity contribution in [3.05, 3.63) is 0 Å². The Morgan fingerprint density at radius 2 is 0.636 bits per heavy atom. The van der Waals surface area contributed by atoms with Crippen LogP contribution in [-0.2, 0) is 28.6 Å². The lowest BCUT2D eigenvalue weighted by Gasteiger charge is -2.18.